The number of rotatable bonds is 2. The van der Waals surface area contributed by atoms with Crippen LogP contribution in [0.2, 0.25) is 0 Å². The van der Waals surface area contributed by atoms with Gasteiger partial charge in [-0.1, -0.05) is 19.9 Å². The van der Waals surface area contributed by atoms with E-state index in [4.69, 9.17) is 0 Å². The average Bonchev–Trinajstić information content (AvgIpc) is 2.35. The molecule has 0 amide bonds. The number of aliphatic hydroxyl groups excluding tert-OH is 1. The predicted molar refractivity (Wildman–Crippen MR) is 80.5 cm³/mol. The molecule has 0 saturated heterocycles. The molecule has 1 saturated carbocycles. The standard InChI is InChI=1S/C16H24O3S/c1-11-5-6-13(9-12(11)2)20(18,19)15-10-16(3,4)8-7-14(15)17/h5-6,9,14-15,17H,7-8,10H2,1-4H3. The van der Waals surface area contributed by atoms with Crippen LogP contribution in [0.25, 0.3) is 0 Å². The third-order valence-electron chi connectivity index (χ3n) is 4.51. The second kappa shape index (κ2) is 5.15. The van der Waals surface area contributed by atoms with E-state index in [1.54, 1.807) is 12.1 Å². The number of sulfone groups is 1. The normalized spacial score (nSPS) is 26.4. The van der Waals surface area contributed by atoms with Crippen molar-refractivity contribution in [3.05, 3.63) is 29.3 Å². The van der Waals surface area contributed by atoms with Crippen LogP contribution in [0.4, 0.5) is 0 Å². The summed E-state index contributed by atoms with van der Waals surface area (Å²) in [5.74, 6) is 0. The zero-order chi connectivity index (χ0) is 15.1. The van der Waals surface area contributed by atoms with Gasteiger partial charge in [0.25, 0.3) is 0 Å². The molecule has 4 heteroatoms. The lowest BCUT2D eigenvalue weighted by atomic mass is 9.76. The van der Waals surface area contributed by atoms with E-state index >= 15 is 0 Å². The lowest BCUT2D eigenvalue weighted by Crippen LogP contribution is -2.42. The SMILES string of the molecule is Cc1ccc(S(=O)(=O)C2CC(C)(C)CCC2O)cc1C. The fraction of sp³-hybridized carbons (Fsp3) is 0.625. The van der Waals surface area contributed by atoms with Crippen LogP contribution in [-0.4, -0.2) is 24.9 Å². The minimum atomic E-state index is -3.47. The molecular formula is C16H24O3S. The summed E-state index contributed by atoms with van der Waals surface area (Å²) in [6, 6.07) is 5.22. The highest BCUT2D eigenvalue weighted by Gasteiger charge is 2.42. The molecule has 1 aromatic carbocycles. The van der Waals surface area contributed by atoms with Crippen LogP contribution >= 0.6 is 0 Å². The number of aryl methyl sites for hydroxylation is 2. The van der Waals surface area contributed by atoms with Gasteiger partial charge in [-0.2, -0.15) is 0 Å². The van der Waals surface area contributed by atoms with E-state index in [0.29, 0.717) is 17.7 Å². The minimum absolute atomic E-state index is 0.0310. The van der Waals surface area contributed by atoms with Crippen molar-refractivity contribution in [2.75, 3.05) is 0 Å². The summed E-state index contributed by atoms with van der Waals surface area (Å²) >= 11 is 0. The number of aliphatic hydroxyl groups is 1. The molecule has 0 radical (unpaired) electrons. The monoisotopic (exact) mass is 296 g/mol. The molecule has 1 aliphatic carbocycles. The molecule has 112 valence electrons. The molecule has 1 aliphatic rings. The van der Waals surface area contributed by atoms with Crippen LogP contribution < -0.4 is 0 Å². The number of benzene rings is 1. The molecule has 0 aliphatic heterocycles. The van der Waals surface area contributed by atoms with Crippen molar-refractivity contribution in [2.24, 2.45) is 5.41 Å². The highest BCUT2D eigenvalue weighted by molar-refractivity contribution is 7.92. The first-order chi connectivity index (χ1) is 9.13. The summed E-state index contributed by atoms with van der Waals surface area (Å²) in [6.07, 6.45) is 1.19. The molecule has 2 unspecified atom stereocenters. The smallest absolute Gasteiger partial charge is 0.183 e. The maximum absolute atomic E-state index is 12.8. The Kier molecular flexibility index (Phi) is 4.00. The van der Waals surface area contributed by atoms with Crippen LogP contribution in [0.5, 0.6) is 0 Å². The van der Waals surface area contributed by atoms with Crippen molar-refractivity contribution in [1.29, 1.82) is 0 Å². The van der Waals surface area contributed by atoms with Crippen molar-refractivity contribution >= 4 is 9.84 Å². The first-order valence-corrected chi connectivity index (χ1v) is 8.67. The molecule has 2 atom stereocenters. The summed E-state index contributed by atoms with van der Waals surface area (Å²) in [7, 11) is -3.47. The Hall–Kier alpha value is -0.870. The highest BCUT2D eigenvalue weighted by atomic mass is 32.2. The first-order valence-electron chi connectivity index (χ1n) is 7.13. The van der Waals surface area contributed by atoms with Crippen LogP contribution in [-0.2, 0) is 9.84 Å². The Balaban J connectivity index is 2.40. The summed E-state index contributed by atoms with van der Waals surface area (Å²) < 4.78 is 25.6. The van der Waals surface area contributed by atoms with E-state index in [1.165, 1.54) is 0 Å². The van der Waals surface area contributed by atoms with Gasteiger partial charge in [-0.05, 0) is 61.8 Å². The molecule has 3 nitrogen and oxygen atoms in total. The molecule has 0 spiro atoms. The summed E-state index contributed by atoms with van der Waals surface area (Å²) in [6.45, 7) is 8.02. The molecule has 0 aromatic heterocycles. The van der Waals surface area contributed by atoms with Crippen molar-refractivity contribution in [3.8, 4) is 0 Å². The summed E-state index contributed by atoms with van der Waals surface area (Å²) in [5, 5.41) is 9.46. The zero-order valence-corrected chi connectivity index (χ0v) is 13.5. The fourth-order valence-electron chi connectivity index (χ4n) is 2.89. The van der Waals surface area contributed by atoms with Crippen LogP contribution in [0.3, 0.4) is 0 Å². The molecule has 1 aromatic rings. The van der Waals surface area contributed by atoms with Crippen molar-refractivity contribution in [3.63, 3.8) is 0 Å². The lowest BCUT2D eigenvalue weighted by molar-refractivity contribution is 0.0835. The molecule has 1 N–H and O–H groups in total. The van der Waals surface area contributed by atoms with Gasteiger partial charge in [0.15, 0.2) is 9.84 Å². The summed E-state index contributed by atoms with van der Waals surface area (Å²) in [4.78, 5) is 0.336. The van der Waals surface area contributed by atoms with E-state index in [-0.39, 0.29) is 5.41 Å². The van der Waals surface area contributed by atoms with Crippen LogP contribution in [0, 0.1) is 19.3 Å². The highest BCUT2D eigenvalue weighted by Crippen LogP contribution is 2.40. The first kappa shape index (κ1) is 15.5. The lowest BCUT2D eigenvalue weighted by Gasteiger charge is -2.38. The van der Waals surface area contributed by atoms with Gasteiger partial charge in [-0.3, -0.25) is 0 Å². The van der Waals surface area contributed by atoms with Gasteiger partial charge in [0, 0.05) is 0 Å². The van der Waals surface area contributed by atoms with Crippen molar-refractivity contribution in [2.45, 2.75) is 63.2 Å². The molecule has 0 bridgehead atoms. The van der Waals surface area contributed by atoms with Gasteiger partial charge < -0.3 is 5.11 Å². The molecular weight excluding hydrogens is 272 g/mol. The average molecular weight is 296 g/mol. The Labute approximate surface area is 121 Å². The van der Waals surface area contributed by atoms with Crippen molar-refractivity contribution in [1.82, 2.24) is 0 Å². The topological polar surface area (TPSA) is 54.4 Å². The van der Waals surface area contributed by atoms with Gasteiger partial charge in [-0.15, -0.1) is 0 Å². The maximum atomic E-state index is 12.8. The fourth-order valence-corrected chi connectivity index (χ4v) is 5.06. The largest absolute Gasteiger partial charge is 0.392 e. The van der Waals surface area contributed by atoms with Gasteiger partial charge in [0.05, 0.1) is 16.2 Å². The number of hydrogen-bond acceptors (Lipinski definition) is 3. The molecule has 0 heterocycles. The minimum Gasteiger partial charge on any atom is -0.392 e. The van der Waals surface area contributed by atoms with E-state index in [1.807, 2.05) is 19.9 Å². The van der Waals surface area contributed by atoms with E-state index in [2.05, 4.69) is 13.8 Å². The molecule has 1 fully saturated rings. The predicted octanol–water partition coefficient (Wildman–Crippen LogP) is 3.02. The third-order valence-corrected chi connectivity index (χ3v) is 6.69. The van der Waals surface area contributed by atoms with Crippen molar-refractivity contribution < 1.29 is 13.5 Å². The van der Waals surface area contributed by atoms with Crippen LogP contribution in [0.1, 0.15) is 44.2 Å². The second-order valence-corrected chi connectivity index (χ2v) is 8.97. The zero-order valence-electron chi connectivity index (χ0n) is 12.7. The summed E-state index contributed by atoms with van der Waals surface area (Å²) in [5.41, 5.74) is 2.01. The van der Waals surface area contributed by atoms with Gasteiger partial charge in [-0.25, -0.2) is 8.42 Å². The van der Waals surface area contributed by atoms with Gasteiger partial charge in [0.2, 0.25) is 0 Å². The Bertz CT molecular complexity index is 602. The second-order valence-electron chi connectivity index (χ2n) is 6.80. The molecule has 20 heavy (non-hydrogen) atoms. The Morgan fingerprint density at radius 3 is 2.45 bits per heavy atom. The maximum Gasteiger partial charge on any atom is 0.183 e. The van der Waals surface area contributed by atoms with E-state index in [0.717, 1.165) is 17.5 Å². The quantitative estimate of drug-likeness (QED) is 0.912. The van der Waals surface area contributed by atoms with E-state index < -0.39 is 21.2 Å². The van der Waals surface area contributed by atoms with Crippen LogP contribution in [0.15, 0.2) is 23.1 Å². The Morgan fingerprint density at radius 1 is 1.20 bits per heavy atom. The number of hydrogen-bond donors (Lipinski definition) is 1. The van der Waals surface area contributed by atoms with E-state index in [9.17, 15) is 13.5 Å². The molecule has 2 rings (SSSR count). The van der Waals surface area contributed by atoms with Gasteiger partial charge >= 0.3 is 0 Å². The van der Waals surface area contributed by atoms with Gasteiger partial charge in [0.1, 0.15) is 0 Å². The third kappa shape index (κ3) is 2.91. The Morgan fingerprint density at radius 2 is 1.85 bits per heavy atom.